The molecule has 1 rings (SSSR count). The maximum Gasteiger partial charge on any atom is 0.419 e. The highest BCUT2D eigenvalue weighted by molar-refractivity contribution is 6.33. The van der Waals surface area contributed by atoms with E-state index in [0.717, 1.165) is 6.07 Å². The first-order chi connectivity index (χ1) is 6.38. The minimum absolute atomic E-state index is 0.186. The van der Waals surface area contributed by atoms with Crippen LogP contribution in [0.15, 0.2) is 12.1 Å². The molecule has 76 valence electrons. The minimum Gasteiger partial charge on any atom is -0.298 e. The number of halogens is 5. The summed E-state index contributed by atoms with van der Waals surface area (Å²) >= 11 is 5.20. The van der Waals surface area contributed by atoms with Gasteiger partial charge in [0, 0.05) is 5.56 Å². The van der Waals surface area contributed by atoms with Gasteiger partial charge in [0.05, 0.1) is 10.6 Å². The van der Waals surface area contributed by atoms with Crippen molar-refractivity contribution in [3.63, 3.8) is 0 Å². The predicted octanol–water partition coefficient (Wildman–Crippen LogP) is 3.31. The van der Waals surface area contributed by atoms with E-state index in [1.54, 1.807) is 0 Å². The largest absolute Gasteiger partial charge is 0.419 e. The van der Waals surface area contributed by atoms with Crippen molar-refractivity contribution in [3.05, 3.63) is 34.1 Å². The topological polar surface area (TPSA) is 17.1 Å². The van der Waals surface area contributed by atoms with Crippen LogP contribution in [0.4, 0.5) is 17.6 Å². The maximum absolute atomic E-state index is 12.9. The number of hydrogen-bond donors (Lipinski definition) is 0. The second-order valence-corrected chi connectivity index (χ2v) is 2.82. The molecule has 0 saturated carbocycles. The van der Waals surface area contributed by atoms with Gasteiger partial charge in [-0.2, -0.15) is 13.2 Å². The normalized spacial score (nSPS) is 11.5. The Labute approximate surface area is 81.3 Å². The van der Waals surface area contributed by atoms with Crippen LogP contribution in [0.2, 0.25) is 5.02 Å². The number of alkyl halides is 3. The van der Waals surface area contributed by atoms with Crippen molar-refractivity contribution in [1.29, 1.82) is 0 Å². The van der Waals surface area contributed by atoms with Crippen LogP contribution in [0, 0.1) is 5.82 Å². The number of carbonyl (C=O) groups excluding carboxylic acids is 1. The monoisotopic (exact) mass is 226 g/mol. The zero-order chi connectivity index (χ0) is 10.9. The van der Waals surface area contributed by atoms with E-state index in [1.807, 2.05) is 0 Å². The summed E-state index contributed by atoms with van der Waals surface area (Å²) in [6, 6.07) is 1.30. The number of aldehydes is 1. The Balaban J connectivity index is 3.38. The van der Waals surface area contributed by atoms with Gasteiger partial charge in [-0.15, -0.1) is 0 Å². The third kappa shape index (κ3) is 1.87. The molecular weight excluding hydrogens is 224 g/mol. The molecule has 0 N–H and O–H groups in total. The van der Waals surface area contributed by atoms with Gasteiger partial charge in [0.2, 0.25) is 0 Å². The van der Waals surface area contributed by atoms with Crippen LogP contribution in [0.3, 0.4) is 0 Å². The van der Waals surface area contributed by atoms with E-state index in [2.05, 4.69) is 0 Å². The first kappa shape index (κ1) is 11.0. The van der Waals surface area contributed by atoms with Gasteiger partial charge in [0.15, 0.2) is 12.1 Å². The fourth-order valence-corrected chi connectivity index (χ4v) is 1.08. The lowest BCUT2D eigenvalue weighted by molar-refractivity contribution is -0.140. The van der Waals surface area contributed by atoms with E-state index in [9.17, 15) is 22.4 Å². The van der Waals surface area contributed by atoms with E-state index in [4.69, 9.17) is 11.6 Å². The summed E-state index contributed by atoms with van der Waals surface area (Å²) in [5, 5.41) is -0.810. The van der Waals surface area contributed by atoms with Crippen LogP contribution >= 0.6 is 11.6 Å². The summed E-state index contributed by atoms with van der Waals surface area (Å²) in [6.45, 7) is 0. The lowest BCUT2D eigenvalue weighted by Crippen LogP contribution is -2.09. The highest BCUT2D eigenvalue weighted by Gasteiger charge is 2.35. The first-order valence-electron chi connectivity index (χ1n) is 3.38. The average molecular weight is 227 g/mol. The second-order valence-electron chi connectivity index (χ2n) is 2.45. The van der Waals surface area contributed by atoms with E-state index in [-0.39, 0.29) is 11.8 Å². The summed E-state index contributed by atoms with van der Waals surface area (Å²) in [5.74, 6) is -1.62. The van der Waals surface area contributed by atoms with E-state index < -0.39 is 22.6 Å². The lowest BCUT2D eigenvalue weighted by atomic mass is 10.1. The van der Waals surface area contributed by atoms with Crippen LogP contribution in [-0.4, -0.2) is 6.29 Å². The zero-order valence-corrected chi connectivity index (χ0v) is 7.29. The number of rotatable bonds is 1. The first-order valence-corrected chi connectivity index (χ1v) is 3.76. The molecule has 0 radical (unpaired) electrons. The van der Waals surface area contributed by atoms with Crippen LogP contribution in [0.5, 0.6) is 0 Å². The number of benzene rings is 1. The lowest BCUT2D eigenvalue weighted by Gasteiger charge is -2.09. The molecule has 0 atom stereocenters. The quantitative estimate of drug-likeness (QED) is 0.530. The van der Waals surface area contributed by atoms with Gasteiger partial charge >= 0.3 is 6.18 Å². The van der Waals surface area contributed by atoms with Crippen molar-refractivity contribution in [2.24, 2.45) is 0 Å². The summed E-state index contributed by atoms with van der Waals surface area (Å²) in [4.78, 5) is 10.2. The molecule has 1 nitrogen and oxygen atoms in total. The van der Waals surface area contributed by atoms with Crippen molar-refractivity contribution >= 4 is 17.9 Å². The van der Waals surface area contributed by atoms with Gasteiger partial charge < -0.3 is 0 Å². The van der Waals surface area contributed by atoms with Gasteiger partial charge in [-0.05, 0) is 12.1 Å². The van der Waals surface area contributed by atoms with Crippen LogP contribution in [0.25, 0.3) is 0 Å². The Morgan fingerprint density at radius 2 is 1.86 bits per heavy atom. The van der Waals surface area contributed by atoms with Gasteiger partial charge in [-0.3, -0.25) is 4.79 Å². The summed E-state index contributed by atoms with van der Waals surface area (Å²) < 4.78 is 49.2. The molecule has 0 aliphatic heterocycles. The Hall–Kier alpha value is -1.10. The summed E-state index contributed by atoms with van der Waals surface area (Å²) in [7, 11) is 0. The molecule has 6 heteroatoms. The molecule has 0 aromatic heterocycles. The van der Waals surface area contributed by atoms with Crippen LogP contribution in [-0.2, 0) is 6.18 Å². The van der Waals surface area contributed by atoms with E-state index in [1.165, 1.54) is 0 Å². The third-order valence-electron chi connectivity index (χ3n) is 1.54. The third-order valence-corrected chi connectivity index (χ3v) is 1.93. The Bertz CT molecular complexity index is 372. The standard InChI is InChI=1S/C8H3ClF4O/c9-6-4(3-14)1-2-5(7(6)10)8(11,12)13/h1-3H. The van der Waals surface area contributed by atoms with Crippen molar-refractivity contribution < 1.29 is 22.4 Å². The van der Waals surface area contributed by atoms with Gasteiger partial charge in [0.1, 0.15) is 0 Å². The highest BCUT2D eigenvalue weighted by atomic mass is 35.5. The fourth-order valence-electron chi connectivity index (χ4n) is 0.874. The highest BCUT2D eigenvalue weighted by Crippen LogP contribution is 2.34. The van der Waals surface area contributed by atoms with Gasteiger partial charge in [-0.1, -0.05) is 11.6 Å². The summed E-state index contributed by atoms with van der Waals surface area (Å²) in [5.41, 5.74) is -1.79. The van der Waals surface area contributed by atoms with Crippen molar-refractivity contribution in [2.45, 2.75) is 6.18 Å². The molecule has 1 aromatic carbocycles. The molecule has 0 fully saturated rings. The molecule has 0 spiro atoms. The summed E-state index contributed by atoms with van der Waals surface area (Å²) in [6.07, 6.45) is -4.62. The fraction of sp³-hybridized carbons (Fsp3) is 0.125. The Kier molecular flexibility index (Phi) is 2.80. The average Bonchev–Trinajstić information content (AvgIpc) is 2.07. The zero-order valence-electron chi connectivity index (χ0n) is 6.53. The van der Waals surface area contributed by atoms with E-state index in [0.29, 0.717) is 6.07 Å². The van der Waals surface area contributed by atoms with Gasteiger partial charge in [0.25, 0.3) is 0 Å². The molecule has 1 aromatic rings. The van der Waals surface area contributed by atoms with E-state index >= 15 is 0 Å². The Morgan fingerprint density at radius 1 is 1.29 bits per heavy atom. The molecule has 0 bridgehead atoms. The molecule has 0 aliphatic carbocycles. The number of carbonyl (C=O) groups is 1. The van der Waals surface area contributed by atoms with Gasteiger partial charge in [-0.25, -0.2) is 4.39 Å². The molecule has 0 unspecified atom stereocenters. The van der Waals surface area contributed by atoms with Crippen molar-refractivity contribution in [1.82, 2.24) is 0 Å². The van der Waals surface area contributed by atoms with Crippen LogP contribution < -0.4 is 0 Å². The molecule has 0 aliphatic rings. The molecule has 0 amide bonds. The molecule has 0 heterocycles. The molecule has 0 saturated heterocycles. The SMILES string of the molecule is O=Cc1ccc(C(F)(F)F)c(F)c1Cl. The van der Waals surface area contributed by atoms with Crippen LogP contribution in [0.1, 0.15) is 15.9 Å². The van der Waals surface area contributed by atoms with Crippen molar-refractivity contribution in [2.75, 3.05) is 0 Å². The number of hydrogen-bond acceptors (Lipinski definition) is 1. The maximum atomic E-state index is 12.9. The minimum atomic E-state index is -4.81. The molecule has 14 heavy (non-hydrogen) atoms. The smallest absolute Gasteiger partial charge is 0.298 e. The second kappa shape index (κ2) is 3.57. The van der Waals surface area contributed by atoms with Crippen molar-refractivity contribution in [3.8, 4) is 0 Å². The Morgan fingerprint density at radius 3 is 2.29 bits per heavy atom. The predicted molar refractivity (Wildman–Crippen MR) is 41.8 cm³/mol. The molecular formula is C8H3ClF4O.